The third kappa shape index (κ3) is 2.62. The van der Waals surface area contributed by atoms with Gasteiger partial charge in [-0.2, -0.15) is 0 Å². The lowest BCUT2D eigenvalue weighted by molar-refractivity contribution is -0.109. The molecule has 0 aromatic heterocycles. The molecule has 2 atom stereocenters. The number of rotatable bonds is 4. The zero-order valence-corrected chi connectivity index (χ0v) is 9.91. The van der Waals surface area contributed by atoms with Crippen molar-refractivity contribution in [3.63, 3.8) is 0 Å². The van der Waals surface area contributed by atoms with Gasteiger partial charge in [0.2, 0.25) is 0 Å². The lowest BCUT2D eigenvalue weighted by Gasteiger charge is -2.19. The fraction of sp³-hybridized carbons (Fsp3) is 0.188. The summed E-state index contributed by atoms with van der Waals surface area (Å²) in [5, 5.41) is 0. The first-order valence-corrected chi connectivity index (χ1v) is 5.88. The molecule has 0 spiro atoms. The smallest absolute Gasteiger partial charge is 0.128 e. The SMILES string of the molecule is C[C@@H](c1ccccc1)[C@@H](C=O)c1ccccc1. The van der Waals surface area contributed by atoms with Crippen LogP contribution >= 0.6 is 0 Å². The van der Waals surface area contributed by atoms with Crippen LogP contribution in [0.3, 0.4) is 0 Å². The number of benzene rings is 2. The molecule has 86 valence electrons. The highest BCUT2D eigenvalue weighted by atomic mass is 16.1. The monoisotopic (exact) mass is 224 g/mol. The zero-order chi connectivity index (χ0) is 12.1. The van der Waals surface area contributed by atoms with Gasteiger partial charge in [-0.05, 0) is 17.0 Å². The standard InChI is InChI=1S/C16H16O/c1-13(14-8-4-2-5-9-14)16(12-17)15-10-6-3-7-11-15/h2-13,16H,1H3/t13-,16+/m0/s1. The first-order valence-electron chi connectivity index (χ1n) is 5.88. The minimum Gasteiger partial charge on any atom is -0.303 e. The summed E-state index contributed by atoms with van der Waals surface area (Å²) in [6.45, 7) is 2.10. The molecule has 0 radical (unpaired) electrons. The molecule has 1 nitrogen and oxygen atoms in total. The second kappa shape index (κ2) is 5.44. The second-order valence-corrected chi connectivity index (χ2v) is 4.27. The summed E-state index contributed by atoms with van der Waals surface area (Å²) in [6, 6.07) is 20.1. The van der Waals surface area contributed by atoms with Crippen molar-refractivity contribution in [1.82, 2.24) is 0 Å². The summed E-state index contributed by atoms with van der Waals surface area (Å²) >= 11 is 0. The molecular weight excluding hydrogens is 208 g/mol. The van der Waals surface area contributed by atoms with E-state index in [-0.39, 0.29) is 11.8 Å². The highest BCUT2D eigenvalue weighted by Gasteiger charge is 2.19. The third-order valence-corrected chi connectivity index (χ3v) is 3.20. The van der Waals surface area contributed by atoms with Crippen LogP contribution in [0, 0.1) is 0 Å². The molecule has 0 bridgehead atoms. The van der Waals surface area contributed by atoms with Crippen LogP contribution in [0.25, 0.3) is 0 Å². The molecule has 2 aromatic rings. The average molecular weight is 224 g/mol. The van der Waals surface area contributed by atoms with Gasteiger partial charge in [-0.1, -0.05) is 67.6 Å². The van der Waals surface area contributed by atoms with Crippen LogP contribution in [0.5, 0.6) is 0 Å². The molecule has 2 rings (SSSR count). The Morgan fingerprint density at radius 1 is 0.824 bits per heavy atom. The van der Waals surface area contributed by atoms with Crippen molar-refractivity contribution in [3.8, 4) is 0 Å². The zero-order valence-electron chi connectivity index (χ0n) is 9.91. The number of carbonyl (C=O) groups is 1. The van der Waals surface area contributed by atoms with Crippen LogP contribution in [-0.4, -0.2) is 6.29 Å². The van der Waals surface area contributed by atoms with Crippen molar-refractivity contribution in [2.24, 2.45) is 0 Å². The maximum Gasteiger partial charge on any atom is 0.128 e. The maximum atomic E-state index is 11.3. The second-order valence-electron chi connectivity index (χ2n) is 4.27. The van der Waals surface area contributed by atoms with Gasteiger partial charge in [-0.25, -0.2) is 0 Å². The molecule has 0 aliphatic heterocycles. The van der Waals surface area contributed by atoms with Gasteiger partial charge in [0, 0.05) is 5.92 Å². The number of hydrogen-bond acceptors (Lipinski definition) is 1. The van der Waals surface area contributed by atoms with E-state index in [1.165, 1.54) is 5.56 Å². The van der Waals surface area contributed by atoms with Crippen molar-refractivity contribution in [2.45, 2.75) is 18.8 Å². The lowest BCUT2D eigenvalue weighted by atomic mass is 9.84. The fourth-order valence-corrected chi connectivity index (χ4v) is 2.12. The Kier molecular flexibility index (Phi) is 3.71. The Balaban J connectivity index is 2.28. The van der Waals surface area contributed by atoms with Crippen LogP contribution in [0.15, 0.2) is 60.7 Å². The third-order valence-electron chi connectivity index (χ3n) is 3.20. The van der Waals surface area contributed by atoms with E-state index in [4.69, 9.17) is 0 Å². The lowest BCUT2D eigenvalue weighted by Crippen LogP contribution is -2.09. The van der Waals surface area contributed by atoms with Gasteiger partial charge in [-0.3, -0.25) is 0 Å². The van der Waals surface area contributed by atoms with Gasteiger partial charge in [0.05, 0.1) is 0 Å². The van der Waals surface area contributed by atoms with Gasteiger partial charge in [-0.15, -0.1) is 0 Å². The van der Waals surface area contributed by atoms with E-state index in [9.17, 15) is 4.79 Å². The minimum absolute atomic E-state index is 0.0707. The summed E-state index contributed by atoms with van der Waals surface area (Å²) in [4.78, 5) is 11.3. The van der Waals surface area contributed by atoms with E-state index in [1.807, 2.05) is 48.5 Å². The molecule has 0 aliphatic rings. The quantitative estimate of drug-likeness (QED) is 0.722. The molecule has 0 N–H and O–H groups in total. The van der Waals surface area contributed by atoms with Crippen LogP contribution in [0.4, 0.5) is 0 Å². The first kappa shape index (κ1) is 11.6. The molecule has 0 aliphatic carbocycles. The first-order chi connectivity index (χ1) is 8.33. The predicted molar refractivity (Wildman–Crippen MR) is 70.1 cm³/mol. The topological polar surface area (TPSA) is 17.1 Å². The maximum absolute atomic E-state index is 11.3. The molecule has 1 heteroatoms. The van der Waals surface area contributed by atoms with Gasteiger partial charge in [0.25, 0.3) is 0 Å². The van der Waals surface area contributed by atoms with Crippen molar-refractivity contribution >= 4 is 6.29 Å². The Bertz CT molecular complexity index is 461. The molecule has 0 unspecified atom stereocenters. The van der Waals surface area contributed by atoms with Crippen molar-refractivity contribution in [1.29, 1.82) is 0 Å². The van der Waals surface area contributed by atoms with Crippen LogP contribution in [0.2, 0.25) is 0 Å². The van der Waals surface area contributed by atoms with Gasteiger partial charge in [0.1, 0.15) is 6.29 Å². The molecule has 0 saturated carbocycles. The van der Waals surface area contributed by atoms with E-state index in [2.05, 4.69) is 19.1 Å². The largest absolute Gasteiger partial charge is 0.303 e. The van der Waals surface area contributed by atoms with E-state index in [0.29, 0.717) is 0 Å². The highest BCUT2D eigenvalue weighted by Crippen LogP contribution is 2.30. The Hall–Kier alpha value is -1.89. The van der Waals surface area contributed by atoms with E-state index in [1.54, 1.807) is 0 Å². The Morgan fingerprint density at radius 2 is 1.29 bits per heavy atom. The average Bonchev–Trinajstić information content (AvgIpc) is 2.42. The van der Waals surface area contributed by atoms with Crippen LogP contribution in [0.1, 0.15) is 29.9 Å². The molecule has 0 fully saturated rings. The molecule has 2 aromatic carbocycles. The summed E-state index contributed by atoms with van der Waals surface area (Å²) in [5.41, 5.74) is 2.28. The van der Waals surface area contributed by atoms with Gasteiger partial charge >= 0.3 is 0 Å². The predicted octanol–water partition coefficient (Wildman–Crippen LogP) is 3.77. The van der Waals surface area contributed by atoms with Crippen LogP contribution < -0.4 is 0 Å². The molecular formula is C16H16O. The molecule has 0 heterocycles. The minimum atomic E-state index is -0.0707. The normalized spacial score (nSPS) is 13.9. The van der Waals surface area contributed by atoms with Crippen molar-refractivity contribution in [2.75, 3.05) is 0 Å². The van der Waals surface area contributed by atoms with E-state index in [0.717, 1.165) is 11.8 Å². The van der Waals surface area contributed by atoms with E-state index >= 15 is 0 Å². The summed E-state index contributed by atoms with van der Waals surface area (Å²) < 4.78 is 0. The number of aldehydes is 1. The number of carbonyl (C=O) groups excluding carboxylic acids is 1. The summed E-state index contributed by atoms with van der Waals surface area (Å²) in [5.74, 6) is 0.134. The Labute approximate surface area is 102 Å². The van der Waals surface area contributed by atoms with Crippen molar-refractivity contribution < 1.29 is 4.79 Å². The Morgan fingerprint density at radius 3 is 1.76 bits per heavy atom. The summed E-state index contributed by atoms with van der Waals surface area (Å²) in [6.07, 6.45) is 1.05. The fourth-order valence-electron chi connectivity index (χ4n) is 2.12. The van der Waals surface area contributed by atoms with Crippen LogP contribution in [-0.2, 0) is 4.79 Å². The van der Waals surface area contributed by atoms with E-state index < -0.39 is 0 Å². The van der Waals surface area contributed by atoms with Crippen molar-refractivity contribution in [3.05, 3.63) is 71.8 Å². The van der Waals surface area contributed by atoms with Gasteiger partial charge < -0.3 is 4.79 Å². The summed E-state index contributed by atoms with van der Waals surface area (Å²) in [7, 11) is 0. The molecule has 0 amide bonds. The molecule has 0 saturated heterocycles. The number of hydrogen-bond donors (Lipinski definition) is 0. The van der Waals surface area contributed by atoms with Gasteiger partial charge in [0.15, 0.2) is 0 Å². The highest BCUT2D eigenvalue weighted by molar-refractivity contribution is 5.64. The molecule has 17 heavy (non-hydrogen) atoms.